The van der Waals surface area contributed by atoms with Gasteiger partial charge in [0.1, 0.15) is 5.82 Å². The summed E-state index contributed by atoms with van der Waals surface area (Å²) in [5.41, 5.74) is 1.85. The summed E-state index contributed by atoms with van der Waals surface area (Å²) in [6.07, 6.45) is 4.98. The molecule has 196 valence electrons. The average Bonchev–Trinajstić information content (AvgIpc) is 2.84. The maximum absolute atomic E-state index is 13.3. The van der Waals surface area contributed by atoms with Crippen LogP contribution in [0.1, 0.15) is 51.1 Å². The smallest absolute Gasteiger partial charge is 0.344 e. The first-order valence-electron chi connectivity index (χ1n) is 12.3. The molecular formula is C28H32BrN3O5. The first-order chi connectivity index (χ1) is 17.8. The molecule has 0 bridgehead atoms. The van der Waals surface area contributed by atoms with Crippen molar-refractivity contribution in [2.75, 3.05) is 13.2 Å². The van der Waals surface area contributed by atoms with Crippen LogP contribution in [0.2, 0.25) is 0 Å². The van der Waals surface area contributed by atoms with Gasteiger partial charge in [-0.3, -0.25) is 4.79 Å². The van der Waals surface area contributed by atoms with Gasteiger partial charge in [-0.25, -0.2) is 9.78 Å². The van der Waals surface area contributed by atoms with Crippen molar-refractivity contribution >= 4 is 39.0 Å². The van der Waals surface area contributed by atoms with Crippen LogP contribution in [0.15, 0.2) is 57.4 Å². The Bertz CT molecular complexity index is 1360. The fraction of sp³-hybridized carbons (Fsp3) is 0.357. The topological polar surface area (TPSA) is 92.0 Å². The zero-order chi connectivity index (χ0) is 26.9. The van der Waals surface area contributed by atoms with Gasteiger partial charge in [-0.05, 0) is 69.5 Å². The van der Waals surface area contributed by atoms with Crippen LogP contribution in [-0.4, -0.2) is 41.2 Å². The molecule has 9 heteroatoms. The Kier molecular flexibility index (Phi) is 10.0. The molecule has 3 rings (SSSR count). The van der Waals surface area contributed by atoms with Crippen LogP contribution in [0.3, 0.4) is 0 Å². The van der Waals surface area contributed by atoms with Gasteiger partial charge in [-0.15, -0.1) is 6.58 Å². The second-order valence-corrected chi connectivity index (χ2v) is 9.48. The molecule has 3 aromatic rings. The van der Waals surface area contributed by atoms with Gasteiger partial charge in [0.05, 0.1) is 29.8 Å². The molecule has 8 nitrogen and oxygen atoms in total. The van der Waals surface area contributed by atoms with Crippen molar-refractivity contribution < 1.29 is 19.0 Å². The lowest BCUT2D eigenvalue weighted by atomic mass is 10.1. The van der Waals surface area contributed by atoms with Crippen molar-refractivity contribution in [2.45, 2.75) is 53.1 Å². The number of benzene rings is 2. The maximum Gasteiger partial charge on any atom is 0.344 e. The van der Waals surface area contributed by atoms with E-state index in [9.17, 15) is 9.59 Å². The number of allylic oxidation sites excluding steroid dienone is 1. The number of fused-ring (bicyclic) bond motifs is 1. The van der Waals surface area contributed by atoms with Gasteiger partial charge in [-0.2, -0.15) is 9.78 Å². The van der Waals surface area contributed by atoms with Gasteiger partial charge in [0.25, 0.3) is 5.56 Å². The first-order valence-corrected chi connectivity index (χ1v) is 13.0. The number of rotatable bonds is 12. The molecule has 0 saturated heterocycles. The lowest BCUT2D eigenvalue weighted by molar-refractivity contribution is -0.149. The van der Waals surface area contributed by atoms with Crippen molar-refractivity contribution in [3.05, 3.63) is 74.8 Å². The van der Waals surface area contributed by atoms with Gasteiger partial charge in [0.15, 0.2) is 18.1 Å². The van der Waals surface area contributed by atoms with Crippen molar-refractivity contribution in [3.63, 3.8) is 0 Å². The minimum atomic E-state index is -0.467. The minimum absolute atomic E-state index is 0.236. The van der Waals surface area contributed by atoms with Crippen LogP contribution in [-0.2, 0) is 22.4 Å². The third-order valence-corrected chi connectivity index (χ3v) is 5.68. The highest BCUT2D eigenvalue weighted by molar-refractivity contribution is 9.10. The summed E-state index contributed by atoms with van der Waals surface area (Å²) in [5, 5.41) is 5.00. The average molecular weight is 570 g/mol. The van der Waals surface area contributed by atoms with E-state index in [1.54, 1.807) is 38.3 Å². The molecule has 0 N–H and O–H groups in total. The number of nitrogens with zero attached hydrogens (tertiary/aromatic N) is 3. The largest absolute Gasteiger partial charge is 0.490 e. The first kappa shape index (κ1) is 28.1. The molecule has 0 aliphatic rings. The Morgan fingerprint density at radius 1 is 1.22 bits per heavy atom. The van der Waals surface area contributed by atoms with Crippen LogP contribution in [0.4, 0.5) is 0 Å². The Morgan fingerprint density at radius 2 is 2.00 bits per heavy atom. The van der Waals surface area contributed by atoms with Gasteiger partial charge in [0, 0.05) is 16.5 Å². The van der Waals surface area contributed by atoms with Crippen LogP contribution < -0.4 is 15.0 Å². The molecule has 0 radical (unpaired) electrons. The molecule has 0 saturated carbocycles. The summed E-state index contributed by atoms with van der Waals surface area (Å²) in [6.45, 7) is 11.4. The van der Waals surface area contributed by atoms with Gasteiger partial charge < -0.3 is 14.2 Å². The van der Waals surface area contributed by atoms with Crippen LogP contribution in [0, 0.1) is 0 Å². The van der Waals surface area contributed by atoms with Crippen molar-refractivity contribution in [2.24, 2.45) is 5.10 Å². The van der Waals surface area contributed by atoms with E-state index in [4.69, 9.17) is 14.2 Å². The molecule has 0 unspecified atom stereocenters. The SMILES string of the molecule is C=CCc1cc(C=Nn2c(CCC)nc3ccc(Br)cc3c2=O)cc(OCC)c1OCC(=O)OC(C)C. The van der Waals surface area contributed by atoms with E-state index in [2.05, 4.69) is 32.6 Å². The molecule has 0 aliphatic carbocycles. The number of carbonyl (C=O) groups excluding carboxylic acids is 1. The Balaban J connectivity index is 2.04. The number of halogens is 1. The van der Waals surface area contributed by atoms with Gasteiger partial charge in [0.2, 0.25) is 0 Å². The van der Waals surface area contributed by atoms with Gasteiger partial charge >= 0.3 is 5.97 Å². The number of esters is 1. The summed E-state index contributed by atoms with van der Waals surface area (Å²) in [7, 11) is 0. The highest BCUT2D eigenvalue weighted by Gasteiger charge is 2.16. The van der Waals surface area contributed by atoms with Crippen LogP contribution >= 0.6 is 15.9 Å². The zero-order valence-corrected chi connectivity index (χ0v) is 23.2. The molecule has 0 amide bonds. The van der Waals surface area contributed by atoms with Crippen LogP contribution in [0.5, 0.6) is 11.5 Å². The Morgan fingerprint density at radius 3 is 2.68 bits per heavy atom. The maximum atomic E-state index is 13.3. The van der Waals surface area contributed by atoms with Crippen molar-refractivity contribution in [1.29, 1.82) is 0 Å². The molecule has 0 aliphatic heterocycles. The van der Waals surface area contributed by atoms with E-state index in [-0.39, 0.29) is 18.3 Å². The number of carbonyl (C=O) groups is 1. The molecule has 0 spiro atoms. The fourth-order valence-electron chi connectivity index (χ4n) is 3.74. The number of aromatic nitrogens is 2. The lowest BCUT2D eigenvalue weighted by Crippen LogP contribution is -2.22. The van der Waals surface area contributed by atoms with E-state index < -0.39 is 5.97 Å². The predicted octanol–water partition coefficient (Wildman–Crippen LogP) is 5.45. The molecule has 0 fully saturated rings. The lowest BCUT2D eigenvalue weighted by Gasteiger charge is -2.17. The molecule has 0 atom stereocenters. The number of hydrogen-bond donors (Lipinski definition) is 0. The van der Waals surface area contributed by atoms with Gasteiger partial charge in [-0.1, -0.05) is 28.9 Å². The van der Waals surface area contributed by atoms with E-state index in [0.29, 0.717) is 53.2 Å². The minimum Gasteiger partial charge on any atom is -0.490 e. The Hall–Kier alpha value is -3.46. The highest BCUT2D eigenvalue weighted by Crippen LogP contribution is 2.33. The summed E-state index contributed by atoms with van der Waals surface area (Å²) in [6, 6.07) is 9.06. The van der Waals surface area contributed by atoms with E-state index >= 15 is 0 Å². The summed E-state index contributed by atoms with van der Waals surface area (Å²) in [4.78, 5) is 30.0. The van der Waals surface area contributed by atoms with E-state index in [1.165, 1.54) is 4.68 Å². The number of aryl methyl sites for hydroxylation is 1. The zero-order valence-electron chi connectivity index (χ0n) is 21.6. The number of hydrogen-bond acceptors (Lipinski definition) is 7. The third-order valence-electron chi connectivity index (χ3n) is 5.19. The Labute approximate surface area is 225 Å². The monoisotopic (exact) mass is 569 g/mol. The normalized spacial score (nSPS) is 11.3. The second-order valence-electron chi connectivity index (χ2n) is 8.56. The number of ether oxygens (including phenoxy) is 3. The summed E-state index contributed by atoms with van der Waals surface area (Å²) >= 11 is 3.42. The fourth-order valence-corrected chi connectivity index (χ4v) is 4.10. The predicted molar refractivity (Wildman–Crippen MR) is 149 cm³/mol. The van der Waals surface area contributed by atoms with Crippen LogP contribution in [0.25, 0.3) is 10.9 Å². The molecule has 2 aromatic carbocycles. The van der Waals surface area contributed by atoms with E-state index in [0.717, 1.165) is 16.5 Å². The summed E-state index contributed by atoms with van der Waals surface area (Å²) in [5.74, 6) is 1.02. The highest BCUT2D eigenvalue weighted by atomic mass is 79.9. The standard InChI is InChI=1S/C28H32BrN3O5/c1-6-9-20-13-19(14-24(35-8-3)27(20)36-17-26(33)37-18(4)5)16-30-32-25(10-7-2)31-23-12-11-21(29)15-22(23)28(32)34/h6,11-16,18H,1,7-10,17H2,2-5H3. The molecule has 37 heavy (non-hydrogen) atoms. The molecular weight excluding hydrogens is 538 g/mol. The molecule has 1 aromatic heterocycles. The van der Waals surface area contributed by atoms with Crippen molar-refractivity contribution in [3.8, 4) is 11.5 Å². The van der Waals surface area contributed by atoms with Crippen molar-refractivity contribution in [1.82, 2.24) is 9.66 Å². The third kappa shape index (κ3) is 7.29. The van der Waals surface area contributed by atoms with E-state index in [1.807, 2.05) is 32.0 Å². The second kappa shape index (κ2) is 13.2. The molecule has 1 heterocycles. The quantitative estimate of drug-likeness (QED) is 0.163. The summed E-state index contributed by atoms with van der Waals surface area (Å²) < 4.78 is 19.0.